The monoisotopic (exact) mass is 372 g/mol. The Morgan fingerprint density at radius 1 is 1.00 bits per heavy atom. The minimum absolute atomic E-state index is 0.332. The average Bonchev–Trinajstić information content (AvgIpc) is 2.72. The maximum absolute atomic E-state index is 11.3. The third kappa shape index (κ3) is 2.77. The van der Waals surface area contributed by atoms with Gasteiger partial charge in [0.05, 0.1) is 12.5 Å². The van der Waals surface area contributed by atoms with Gasteiger partial charge in [-0.15, -0.1) is 0 Å². The van der Waals surface area contributed by atoms with Crippen LogP contribution in [0.3, 0.4) is 0 Å². The van der Waals surface area contributed by atoms with Crippen molar-refractivity contribution in [3.8, 4) is 0 Å². The molecule has 1 fully saturated rings. The summed E-state index contributed by atoms with van der Waals surface area (Å²) in [4.78, 5) is 0. The third-order valence-corrected chi connectivity index (χ3v) is 5.54. The average molecular weight is 372 g/mol. The molecule has 0 heterocycles. The lowest BCUT2D eigenvalue weighted by atomic mass is 9.50. The van der Waals surface area contributed by atoms with Crippen LogP contribution in [0.15, 0.2) is 66.4 Å². The second-order valence-corrected chi connectivity index (χ2v) is 7.00. The van der Waals surface area contributed by atoms with Crippen LogP contribution in [0.1, 0.15) is 24.0 Å². The van der Waals surface area contributed by atoms with Gasteiger partial charge in [0.1, 0.15) is 23.6 Å². The molecule has 6 N–H and O–H groups in total. The van der Waals surface area contributed by atoms with Gasteiger partial charge in [0.25, 0.3) is 0 Å². The van der Waals surface area contributed by atoms with Crippen molar-refractivity contribution in [3.05, 3.63) is 77.5 Å². The summed E-state index contributed by atoms with van der Waals surface area (Å²) in [6.07, 6.45) is -3.61. The molecular formula is C21H24O6. The Morgan fingerprint density at radius 3 is 2.04 bits per heavy atom. The van der Waals surface area contributed by atoms with E-state index in [-0.39, 0.29) is 0 Å². The molecule has 0 bridgehead atoms. The van der Waals surface area contributed by atoms with Gasteiger partial charge in [0.2, 0.25) is 0 Å². The molecule has 5 atom stereocenters. The number of benzene rings is 2. The van der Waals surface area contributed by atoms with Crippen LogP contribution < -0.4 is 0 Å². The summed E-state index contributed by atoms with van der Waals surface area (Å²) in [6, 6.07) is 17.2. The number of rotatable bonds is 5. The molecule has 1 saturated carbocycles. The highest BCUT2D eigenvalue weighted by Gasteiger charge is 2.75. The molecule has 144 valence electrons. The second-order valence-electron chi connectivity index (χ2n) is 7.00. The number of hydrogen-bond donors (Lipinski definition) is 6. The number of allylic oxidation sites excluding steroid dienone is 1. The van der Waals surface area contributed by atoms with Crippen molar-refractivity contribution in [2.24, 2.45) is 0 Å². The molecular weight excluding hydrogens is 348 g/mol. The molecule has 2 aromatic carbocycles. The molecule has 1 unspecified atom stereocenters. The van der Waals surface area contributed by atoms with Crippen molar-refractivity contribution in [2.75, 3.05) is 6.61 Å². The summed E-state index contributed by atoms with van der Waals surface area (Å²) < 4.78 is 0. The maximum atomic E-state index is 11.3. The van der Waals surface area contributed by atoms with Crippen LogP contribution in [-0.4, -0.2) is 60.7 Å². The lowest BCUT2D eigenvalue weighted by molar-refractivity contribution is -0.313. The molecule has 0 saturated heterocycles. The summed E-state index contributed by atoms with van der Waals surface area (Å²) in [5.74, 6) is -1.74. The van der Waals surface area contributed by atoms with E-state index in [1.54, 1.807) is 61.5 Å². The van der Waals surface area contributed by atoms with Crippen LogP contribution in [0.4, 0.5) is 0 Å². The summed E-state index contributed by atoms with van der Waals surface area (Å²) in [5.41, 5.74) is -3.07. The van der Waals surface area contributed by atoms with E-state index in [0.29, 0.717) is 16.7 Å². The summed E-state index contributed by atoms with van der Waals surface area (Å²) >= 11 is 0. The maximum Gasteiger partial charge on any atom is 0.160 e. The Kier molecular flexibility index (Phi) is 5.12. The van der Waals surface area contributed by atoms with E-state index in [1.165, 1.54) is 0 Å². The SMILES string of the molecule is CC(=C(O)[C@@]1(O)C(c2ccccc2)[C@@](O)([C@H](O)CO)[C@@H]1O)c1ccccc1. The zero-order chi connectivity index (χ0) is 19.8. The van der Waals surface area contributed by atoms with Crippen molar-refractivity contribution in [1.82, 2.24) is 0 Å². The highest BCUT2D eigenvalue weighted by molar-refractivity contribution is 5.68. The summed E-state index contributed by atoms with van der Waals surface area (Å²) in [6.45, 7) is 0.784. The lowest BCUT2D eigenvalue weighted by Gasteiger charge is -2.62. The van der Waals surface area contributed by atoms with E-state index in [4.69, 9.17) is 0 Å². The molecule has 6 heteroatoms. The predicted octanol–water partition coefficient (Wildman–Crippen LogP) is 0.949. The third-order valence-electron chi connectivity index (χ3n) is 5.54. The van der Waals surface area contributed by atoms with Crippen LogP contribution >= 0.6 is 0 Å². The zero-order valence-electron chi connectivity index (χ0n) is 14.9. The first-order valence-electron chi connectivity index (χ1n) is 8.72. The van der Waals surface area contributed by atoms with Gasteiger partial charge in [0.15, 0.2) is 5.60 Å². The van der Waals surface area contributed by atoms with Gasteiger partial charge in [-0.05, 0) is 23.6 Å². The molecule has 0 aromatic heterocycles. The molecule has 1 aliphatic carbocycles. The van der Waals surface area contributed by atoms with E-state index < -0.39 is 41.7 Å². The van der Waals surface area contributed by atoms with Crippen LogP contribution in [0.5, 0.6) is 0 Å². The van der Waals surface area contributed by atoms with Gasteiger partial charge in [0, 0.05) is 0 Å². The zero-order valence-corrected chi connectivity index (χ0v) is 14.9. The van der Waals surface area contributed by atoms with E-state index >= 15 is 0 Å². The van der Waals surface area contributed by atoms with Gasteiger partial charge < -0.3 is 30.6 Å². The van der Waals surface area contributed by atoms with Crippen LogP contribution in [0.25, 0.3) is 5.57 Å². The van der Waals surface area contributed by atoms with Crippen molar-refractivity contribution in [1.29, 1.82) is 0 Å². The Hall–Kier alpha value is -2.22. The van der Waals surface area contributed by atoms with E-state index in [9.17, 15) is 30.6 Å². The molecule has 6 nitrogen and oxygen atoms in total. The summed E-state index contributed by atoms with van der Waals surface area (Å²) in [7, 11) is 0. The number of aliphatic hydroxyl groups is 6. The Morgan fingerprint density at radius 2 is 1.52 bits per heavy atom. The lowest BCUT2D eigenvalue weighted by Crippen LogP contribution is -2.80. The first-order chi connectivity index (χ1) is 12.8. The van der Waals surface area contributed by atoms with Gasteiger partial charge >= 0.3 is 0 Å². The van der Waals surface area contributed by atoms with E-state index in [1.807, 2.05) is 6.07 Å². The normalized spacial score (nSPS) is 32.4. The topological polar surface area (TPSA) is 121 Å². The minimum Gasteiger partial charge on any atom is -0.509 e. The standard InChI is InChI=1S/C21H24O6/c1-13(14-8-4-2-5-9-14)18(24)21(27)17(15-10-6-3-7-11-15)20(26,19(21)25)16(23)12-22/h2-11,16-17,19,22-27H,12H2,1H3/t16-,17?,19+,20+,21+/m1/s1. The first-order valence-corrected chi connectivity index (χ1v) is 8.72. The highest BCUT2D eigenvalue weighted by Crippen LogP contribution is 2.58. The number of hydrogen-bond acceptors (Lipinski definition) is 6. The smallest absolute Gasteiger partial charge is 0.160 e. The fraction of sp³-hybridized carbons (Fsp3) is 0.333. The molecule has 0 amide bonds. The largest absolute Gasteiger partial charge is 0.509 e. The fourth-order valence-corrected chi connectivity index (χ4v) is 4.00. The molecule has 0 aliphatic heterocycles. The second kappa shape index (κ2) is 7.07. The molecule has 0 spiro atoms. The minimum atomic E-state index is -2.23. The molecule has 27 heavy (non-hydrogen) atoms. The Bertz CT molecular complexity index is 821. The van der Waals surface area contributed by atoms with Crippen molar-refractivity contribution >= 4 is 5.57 Å². The van der Waals surface area contributed by atoms with E-state index in [0.717, 1.165) is 0 Å². The van der Waals surface area contributed by atoms with Gasteiger partial charge in [-0.2, -0.15) is 0 Å². The predicted molar refractivity (Wildman–Crippen MR) is 99.8 cm³/mol. The van der Waals surface area contributed by atoms with Crippen molar-refractivity contribution in [2.45, 2.75) is 36.3 Å². The van der Waals surface area contributed by atoms with E-state index in [2.05, 4.69) is 0 Å². The van der Waals surface area contributed by atoms with Crippen molar-refractivity contribution < 1.29 is 30.6 Å². The molecule has 1 aliphatic rings. The summed E-state index contributed by atoms with van der Waals surface area (Å²) in [5, 5.41) is 63.2. The molecule has 3 rings (SSSR count). The van der Waals surface area contributed by atoms with Crippen LogP contribution in [-0.2, 0) is 0 Å². The van der Waals surface area contributed by atoms with Crippen molar-refractivity contribution in [3.63, 3.8) is 0 Å². The fourth-order valence-electron chi connectivity index (χ4n) is 4.00. The van der Waals surface area contributed by atoms with Gasteiger partial charge in [-0.3, -0.25) is 0 Å². The first kappa shape index (κ1) is 19.5. The van der Waals surface area contributed by atoms with Crippen LogP contribution in [0, 0.1) is 0 Å². The number of aliphatic hydroxyl groups excluding tert-OH is 4. The highest BCUT2D eigenvalue weighted by atomic mass is 16.4. The van der Waals surface area contributed by atoms with Gasteiger partial charge in [-0.1, -0.05) is 60.7 Å². The molecule has 2 aromatic rings. The Balaban J connectivity index is 2.15. The van der Waals surface area contributed by atoms with Crippen LogP contribution in [0.2, 0.25) is 0 Å². The Labute approximate surface area is 157 Å². The molecule has 0 radical (unpaired) electrons. The van der Waals surface area contributed by atoms with Gasteiger partial charge in [-0.25, -0.2) is 0 Å². The quantitative estimate of drug-likeness (QED) is 0.435.